The highest BCUT2D eigenvalue weighted by molar-refractivity contribution is 5.86. The number of halogens is 1. The van der Waals surface area contributed by atoms with Gasteiger partial charge in [-0.3, -0.25) is 5.32 Å². The number of anilines is 1. The first kappa shape index (κ1) is 15.5. The third kappa shape index (κ3) is 4.09. The molecule has 1 saturated carbocycles. The van der Waals surface area contributed by atoms with Crippen molar-refractivity contribution in [3.63, 3.8) is 0 Å². The van der Waals surface area contributed by atoms with Crippen molar-refractivity contribution < 1.29 is 13.9 Å². The maximum absolute atomic E-state index is 13.5. The SMILES string of the molecule is O=C(Nc1ccccc1F)Oc1ccc(C2CCCCC2)cc1. The minimum atomic E-state index is -0.694. The van der Waals surface area contributed by atoms with Crippen LogP contribution < -0.4 is 10.1 Å². The van der Waals surface area contributed by atoms with Crippen LogP contribution in [0.5, 0.6) is 5.75 Å². The third-order valence-corrected chi connectivity index (χ3v) is 4.28. The van der Waals surface area contributed by atoms with Gasteiger partial charge in [-0.25, -0.2) is 9.18 Å². The molecule has 1 fully saturated rings. The predicted octanol–water partition coefficient (Wildman–Crippen LogP) is 5.48. The Morgan fingerprint density at radius 2 is 1.70 bits per heavy atom. The molecule has 0 atom stereocenters. The molecule has 0 aliphatic heterocycles. The van der Waals surface area contributed by atoms with Crippen LogP contribution in [0.1, 0.15) is 43.6 Å². The summed E-state index contributed by atoms with van der Waals surface area (Å²) in [6, 6.07) is 13.6. The van der Waals surface area contributed by atoms with Crippen molar-refractivity contribution in [2.75, 3.05) is 5.32 Å². The maximum atomic E-state index is 13.5. The molecule has 1 aliphatic carbocycles. The van der Waals surface area contributed by atoms with Crippen LogP contribution in [0.15, 0.2) is 48.5 Å². The van der Waals surface area contributed by atoms with Crippen molar-refractivity contribution in [2.45, 2.75) is 38.0 Å². The fourth-order valence-corrected chi connectivity index (χ4v) is 3.05. The molecular formula is C19H20FNO2. The second-order valence-corrected chi connectivity index (χ2v) is 5.90. The van der Waals surface area contributed by atoms with E-state index in [4.69, 9.17) is 4.74 Å². The van der Waals surface area contributed by atoms with E-state index < -0.39 is 11.9 Å². The summed E-state index contributed by atoms with van der Waals surface area (Å²) in [5, 5.41) is 2.40. The van der Waals surface area contributed by atoms with Gasteiger partial charge in [-0.15, -0.1) is 0 Å². The highest BCUT2D eigenvalue weighted by Crippen LogP contribution is 2.33. The smallest absolute Gasteiger partial charge is 0.410 e. The zero-order valence-corrected chi connectivity index (χ0v) is 12.9. The summed E-state index contributed by atoms with van der Waals surface area (Å²) >= 11 is 0. The topological polar surface area (TPSA) is 38.3 Å². The molecular weight excluding hydrogens is 293 g/mol. The minimum Gasteiger partial charge on any atom is -0.410 e. The molecule has 2 aromatic rings. The number of nitrogens with one attached hydrogen (secondary N) is 1. The Morgan fingerprint density at radius 1 is 1.00 bits per heavy atom. The number of benzene rings is 2. The summed E-state index contributed by atoms with van der Waals surface area (Å²) in [6.45, 7) is 0. The van der Waals surface area contributed by atoms with Crippen molar-refractivity contribution in [1.82, 2.24) is 0 Å². The lowest BCUT2D eigenvalue weighted by Crippen LogP contribution is -2.17. The van der Waals surface area contributed by atoms with Gasteiger partial charge in [0.15, 0.2) is 0 Å². The number of ether oxygens (including phenoxy) is 1. The number of rotatable bonds is 3. The number of amides is 1. The van der Waals surface area contributed by atoms with Gasteiger partial charge in [0.25, 0.3) is 0 Å². The molecule has 23 heavy (non-hydrogen) atoms. The van der Waals surface area contributed by atoms with E-state index in [1.807, 2.05) is 12.1 Å². The average Bonchev–Trinajstić information content (AvgIpc) is 2.58. The molecule has 0 spiro atoms. The van der Waals surface area contributed by atoms with E-state index in [9.17, 15) is 9.18 Å². The van der Waals surface area contributed by atoms with Gasteiger partial charge in [0, 0.05) is 0 Å². The molecule has 0 bridgehead atoms. The number of carbonyl (C=O) groups is 1. The Bertz CT molecular complexity index is 663. The molecule has 0 unspecified atom stereocenters. The lowest BCUT2D eigenvalue weighted by molar-refractivity contribution is 0.215. The van der Waals surface area contributed by atoms with Crippen LogP contribution in [0, 0.1) is 5.82 Å². The van der Waals surface area contributed by atoms with E-state index >= 15 is 0 Å². The third-order valence-electron chi connectivity index (χ3n) is 4.28. The van der Waals surface area contributed by atoms with Crippen LogP contribution in [0.2, 0.25) is 0 Å². The van der Waals surface area contributed by atoms with Crippen molar-refractivity contribution in [3.8, 4) is 5.75 Å². The summed E-state index contributed by atoms with van der Waals surface area (Å²) in [5.74, 6) is 0.584. The minimum absolute atomic E-state index is 0.108. The Morgan fingerprint density at radius 3 is 2.39 bits per heavy atom. The van der Waals surface area contributed by atoms with E-state index in [-0.39, 0.29) is 5.69 Å². The zero-order valence-electron chi connectivity index (χ0n) is 12.9. The maximum Gasteiger partial charge on any atom is 0.417 e. The van der Waals surface area contributed by atoms with Crippen molar-refractivity contribution in [2.24, 2.45) is 0 Å². The Balaban J connectivity index is 1.59. The second-order valence-electron chi connectivity index (χ2n) is 5.90. The van der Waals surface area contributed by atoms with Crippen LogP contribution in [-0.2, 0) is 0 Å². The molecule has 1 N–H and O–H groups in total. The molecule has 0 radical (unpaired) electrons. The number of para-hydroxylation sites is 1. The monoisotopic (exact) mass is 313 g/mol. The van der Waals surface area contributed by atoms with Crippen LogP contribution in [-0.4, -0.2) is 6.09 Å². The normalized spacial score (nSPS) is 15.2. The van der Waals surface area contributed by atoms with Gasteiger partial charge in [0.2, 0.25) is 0 Å². The summed E-state index contributed by atoms with van der Waals surface area (Å²) in [5.41, 5.74) is 1.41. The van der Waals surface area contributed by atoms with Crippen LogP contribution in [0.25, 0.3) is 0 Å². The molecule has 1 amide bonds. The van der Waals surface area contributed by atoms with Crippen molar-refractivity contribution in [1.29, 1.82) is 0 Å². The van der Waals surface area contributed by atoms with E-state index in [2.05, 4.69) is 5.32 Å². The second kappa shape index (κ2) is 7.27. The van der Waals surface area contributed by atoms with E-state index in [1.165, 1.54) is 49.8 Å². The summed E-state index contributed by atoms with van der Waals surface area (Å²) < 4.78 is 18.7. The average molecular weight is 313 g/mol. The molecule has 3 rings (SSSR count). The Hall–Kier alpha value is -2.36. The van der Waals surface area contributed by atoms with Gasteiger partial charge in [0.1, 0.15) is 11.6 Å². The lowest BCUT2D eigenvalue weighted by atomic mass is 9.84. The van der Waals surface area contributed by atoms with E-state index in [0.29, 0.717) is 11.7 Å². The first-order chi connectivity index (χ1) is 11.2. The van der Waals surface area contributed by atoms with Gasteiger partial charge in [0.05, 0.1) is 5.69 Å². The summed E-state index contributed by atoms with van der Waals surface area (Å²) in [4.78, 5) is 11.8. The highest BCUT2D eigenvalue weighted by atomic mass is 19.1. The molecule has 1 aliphatic rings. The van der Waals surface area contributed by atoms with E-state index in [1.54, 1.807) is 24.3 Å². The first-order valence-electron chi connectivity index (χ1n) is 8.06. The Labute approximate surface area is 135 Å². The zero-order chi connectivity index (χ0) is 16.1. The first-order valence-corrected chi connectivity index (χ1v) is 8.06. The molecule has 2 aromatic carbocycles. The number of hydrogen-bond acceptors (Lipinski definition) is 2. The number of carbonyl (C=O) groups excluding carboxylic acids is 1. The molecule has 120 valence electrons. The van der Waals surface area contributed by atoms with Gasteiger partial charge in [-0.1, -0.05) is 43.5 Å². The summed E-state index contributed by atoms with van der Waals surface area (Å²) in [7, 11) is 0. The van der Waals surface area contributed by atoms with Gasteiger partial charge in [-0.2, -0.15) is 0 Å². The fraction of sp³-hybridized carbons (Fsp3) is 0.316. The van der Waals surface area contributed by atoms with Gasteiger partial charge in [-0.05, 0) is 48.6 Å². The summed E-state index contributed by atoms with van der Waals surface area (Å²) in [6.07, 6.45) is 5.66. The molecule has 0 aromatic heterocycles. The predicted molar refractivity (Wildman–Crippen MR) is 88.3 cm³/mol. The van der Waals surface area contributed by atoms with Crippen LogP contribution in [0.3, 0.4) is 0 Å². The molecule has 0 heterocycles. The number of hydrogen-bond donors (Lipinski definition) is 1. The Kier molecular flexibility index (Phi) is 4.91. The molecule has 0 saturated heterocycles. The molecule has 4 heteroatoms. The van der Waals surface area contributed by atoms with E-state index in [0.717, 1.165) is 0 Å². The van der Waals surface area contributed by atoms with Crippen LogP contribution >= 0.6 is 0 Å². The van der Waals surface area contributed by atoms with Gasteiger partial charge >= 0.3 is 6.09 Å². The lowest BCUT2D eigenvalue weighted by Gasteiger charge is -2.22. The van der Waals surface area contributed by atoms with Crippen LogP contribution in [0.4, 0.5) is 14.9 Å². The fourth-order valence-electron chi connectivity index (χ4n) is 3.05. The molecule has 3 nitrogen and oxygen atoms in total. The van der Waals surface area contributed by atoms with Crippen molar-refractivity contribution >= 4 is 11.8 Å². The standard InChI is InChI=1S/C19H20FNO2/c20-17-8-4-5-9-18(17)21-19(22)23-16-12-10-15(11-13-16)14-6-2-1-3-7-14/h4-5,8-14H,1-3,6-7H2,(H,21,22). The quantitative estimate of drug-likeness (QED) is 0.814. The van der Waals surface area contributed by atoms with Gasteiger partial charge < -0.3 is 4.74 Å². The highest BCUT2D eigenvalue weighted by Gasteiger charge is 2.15. The van der Waals surface area contributed by atoms with Crippen molar-refractivity contribution in [3.05, 3.63) is 59.9 Å². The largest absolute Gasteiger partial charge is 0.417 e.